The van der Waals surface area contributed by atoms with E-state index in [2.05, 4.69) is 10.0 Å². The molecule has 2 unspecified atom stereocenters. The van der Waals surface area contributed by atoms with Crippen LogP contribution >= 0.6 is 0 Å². The Hall–Kier alpha value is -4.41. The van der Waals surface area contributed by atoms with Crippen LogP contribution in [-0.4, -0.2) is 66.4 Å². The first-order valence-corrected chi connectivity index (χ1v) is 15.2. The van der Waals surface area contributed by atoms with Gasteiger partial charge in [-0.3, -0.25) is 0 Å². The van der Waals surface area contributed by atoms with Crippen molar-refractivity contribution in [2.45, 2.75) is 63.9 Å². The lowest BCUT2D eigenvalue weighted by atomic mass is 9.89. The quantitative estimate of drug-likeness (QED) is 0.0697. The first-order valence-electron chi connectivity index (χ1n) is 15.2. The van der Waals surface area contributed by atoms with Crippen molar-refractivity contribution in [1.29, 1.82) is 0 Å². The monoisotopic (exact) mass is 616 g/mol. The highest BCUT2D eigenvalue weighted by atomic mass is 16.7. The van der Waals surface area contributed by atoms with Crippen LogP contribution in [-0.2, 0) is 32.1 Å². The highest BCUT2D eigenvalue weighted by Gasteiger charge is 2.43. The number of nitrogens with zero attached hydrogens (tertiary/aromatic N) is 4. The summed E-state index contributed by atoms with van der Waals surface area (Å²) in [5.41, 5.74) is 11.4. The molecule has 1 N–H and O–H groups in total. The Balaban J connectivity index is 1.25. The summed E-state index contributed by atoms with van der Waals surface area (Å²) in [6, 6.07) is 27.1. The van der Waals surface area contributed by atoms with Gasteiger partial charge in [0.15, 0.2) is 6.29 Å². The molecule has 0 aromatic heterocycles. The fourth-order valence-electron chi connectivity index (χ4n) is 5.06. The predicted molar refractivity (Wildman–Crippen MR) is 167 cm³/mol. The van der Waals surface area contributed by atoms with Crippen molar-refractivity contribution in [1.82, 2.24) is 4.90 Å². The fourth-order valence-corrected chi connectivity index (χ4v) is 5.06. The second-order valence-electron chi connectivity index (χ2n) is 10.9. The number of unbranched alkanes of at least 4 members (excludes halogenated alkanes) is 2. The van der Waals surface area contributed by atoms with E-state index in [-0.39, 0.29) is 19.3 Å². The average Bonchev–Trinajstić information content (AvgIpc) is 3.08. The lowest BCUT2D eigenvalue weighted by molar-refractivity contribution is -0.252. The third-order valence-corrected chi connectivity index (χ3v) is 7.65. The summed E-state index contributed by atoms with van der Waals surface area (Å²) in [7, 11) is 0. The summed E-state index contributed by atoms with van der Waals surface area (Å²) in [6.07, 6.45) is -1.04. The van der Waals surface area contributed by atoms with Gasteiger partial charge in [0.1, 0.15) is 19.3 Å². The van der Waals surface area contributed by atoms with Gasteiger partial charge in [0.05, 0.1) is 17.7 Å². The third-order valence-electron chi connectivity index (χ3n) is 7.65. The molecule has 11 heteroatoms. The van der Waals surface area contributed by atoms with E-state index in [0.717, 1.165) is 24.0 Å². The van der Waals surface area contributed by atoms with Gasteiger partial charge in [-0.1, -0.05) is 90.9 Å². The second-order valence-corrected chi connectivity index (χ2v) is 10.9. The number of rotatable bonds is 15. The van der Waals surface area contributed by atoms with Crippen molar-refractivity contribution >= 4 is 12.1 Å². The number of aliphatic hydroxyl groups is 1. The van der Waals surface area contributed by atoms with Crippen LogP contribution < -0.4 is 0 Å². The number of azide groups is 1. The minimum Gasteiger partial charge on any atom is -0.459 e. The Morgan fingerprint density at radius 1 is 0.911 bits per heavy atom. The second kappa shape index (κ2) is 17.8. The molecular weight excluding hydrogens is 576 g/mol. The summed E-state index contributed by atoms with van der Waals surface area (Å²) in [5, 5.41) is 14.6. The largest absolute Gasteiger partial charge is 0.459 e. The molecule has 0 aliphatic carbocycles. The zero-order valence-electron chi connectivity index (χ0n) is 25.4. The summed E-state index contributed by atoms with van der Waals surface area (Å²) >= 11 is 0. The van der Waals surface area contributed by atoms with Gasteiger partial charge in [-0.25, -0.2) is 9.59 Å². The molecule has 1 fully saturated rings. The van der Waals surface area contributed by atoms with E-state index >= 15 is 0 Å². The number of benzene rings is 3. The number of aliphatic hydroxyl groups excluding tert-OH is 1. The van der Waals surface area contributed by atoms with Crippen molar-refractivity contribution < 1.29 is 33.6 Å². The van der Waals surface area contributed by atoms with Crippen LogP contribution in [0, 0.1) is 5.92 Å². The molecule has 0 saturated carbocycles. The Kier molecular flexibility index (Phi) is 13.2. The van der Waals surface area contributed by atoms with Crippen LogP contribution in [0.2, 0.25) is 0 Å². The van der Waals surface area contributed by atoms with Gasteiger partial charge in [-0.2, -0.15) is 0 Å². The molecule has 4 rings (SSSR count). The van der Waals surface area contributed by atoms with E-state index in [1.165, 1.54) is 0 Å². The van der Waals surface area contributed by atoms with E-state index in [1.54, 1.807) is 42.2 Å². The fraction of sp³-hybridized carbons (Fsp3) is 0.412. The average molecular weight is 617 g/mol. The number of carbonyl (C=O) groups excluding carboxylic acids is 2. The van der Waals surface area contributed by atoms with E-state index < -0.39 is 36.4 Å². The van der Waals surface area contributed by atoms with E-state index in [0.29, 0.717) is 31.7 Å². The zero-order chi connectivity index (χ0) is 31.9. The maximum absolute atomic E-state index is 13.0. The maximum atomic E-state index is 13.0. The highest BCUT2D eigenvalue weighted by molar-refractivity contribution is 5.89. The Labute approximate surface area is 263 Å². The lowest BCUT2D eigenvalue weighted by Crippen LogP contribution is -2.54. The molecule has 0 bridgehead atoms. The van der Waals surface area contributed by atoms with Crippen LogP contribution in [0.4, 0.5) is 4.79 Å². The summed E-state index contributed by atoms with van der Waals surface area (Å²) in [4.78, 5) is 30.0. The van der Waals surface area contributed by atoms with E-state index in [1.807, 2.05) is 60.7 Å². The standard InChI is InChI=1S/C34H40N4O7/c1-25-30(36-37-35)33(45-29(31(25)39)24-43-32(40)28-18-10-4-11-19-28)42-21-13-5-12-20-38(22-26-14-6-2-7-15-26)34(41)44-23-27-16-8-3-9-17-27/h2-4,6-11,14-19,25,29-31,33,39H,5,12-13,20-24H2,1H3/t25-,29?,30?,31+,33-/m1/s1. The molecule has 238 valence electrons. The molecular formula is C34H40N4O7. The SMILES string of the molecule is C[C@@H]1C(N=[N+]=[N-])[C@H](OCCCCCN(Cc2ccccc2)C(=O)OCc2ccccc2)OC(COC(=O)c2ccccc2)[C@H]1O. The van der Waals surface area contributed by atoms with Crippen LogP contribution in [0.15, 0.2) is 96.1 Å². The number of hydrogen-bond donors (Lipinski definition) is 1. The third kappa shape index (κ3) is 10.3. The zero-order valence-corrected chi connectivity index (χ0v) is 25.4. The van der Waals surface area contributed by atoms with Gasteiger partial charge in [0, 0.05) is 24.6 Å². The minimum atomic E-state index is -1.03. The molecule has 5 atom stereocenters. The van der Waals surface area contributed by atoms with Crippen LogP contribution in [0.1, 0.15) is 47.7 Å². The Morgan fingerprint density at radius 3 is 2.22 bits per heavy atom. The van der Waals surface area contributed by atoms with E-state index in [9.17, 15) is 14.7 Å². The first kappa shape index (κ1) is 33.5. The molecule has 3 aromatic rings. The summed E-state index contributed by atoms with van der Waals surface area (Å²) in [5.74, 6) is -1.02. The molecule has 1 saturated heterocycles. The Bertz CT molecular complexity index is 1370. The summed E-state index contributed by atoms with van der Waals surface area (Å²) < 4.78 is 22.9. The van der Waals surface area contributed by atoms with Crippen molar-refractivity contribution in [2.24, 2.45) is 11.0 Å². The van der Waals surface area contributed by atoms with Crippen molar-refractivity contribution in [3.63, 3.8) is 0 Å². The molecule has 3 aromatic carbocycles. The highest BCUT2D eigenvalue weighted by Crippen LogP contribution is 2.30. The van der Waals surface area contributed by atoms with Crippen LogP contribution in [0.3, 0.4) is 0 Å². The van der Waals surface area contributed by atoms with Crippen LogP contribution in [0.5, 0.6) is 0 Å². The predicted octanol–water partition coefficient (Wildman–Crippen LogP) is 6.27. The Morgan fingerprint density at radius 2 is 1.56 bits per heavy atom. The van der Waals surface area contributed by atoms with Crippen molar-refractivity contribution in [3.8, 4) is 0 Å². The topological polar surface area (TPSA) is 143 Å². The smallest absolute Gasteiger partial charge is 0.410 e. The van der Waals surface area contributed by atoms with Crippen LogP contribution in [0.25, 0.3) is 10.4 Å². The van der Waals surface area contributed by atoms with Gasteiger partial charge < -0.3 is 29.0 Å². The lowest BCUT2D eigenvalue weighted by Gasteiger charge is -2.41. The number of esters is 1. The molecule has 1 aliphatic rings. The maximum Gasteiger partial charge on any atom is 0.410 e. The van der Waals surface area contributed by atoms with Gasteiger partial charge >= 0.3 is 12.1 Å². The number of ether oxygens (including phenoxy) is 4. The molecule has 45 heavy (non-hydrogen) atoms. The molecule has 0 spiro atoms. The van der Waals surface area contributed by atoms with Crippen molar-refractivity contribution in [2.75, 3.05) is 19.8 Å². The molecule has 1 aliphatic heterocycles. The normalized spacial score (nSPS) is 20.9. The summed E-state index contributed by atoms with van der Waals surface area (Å²) in [6.45, 7) is 3.00. The molecule has 1 heterocycles. The van der Waals surface area contributed by atoms with Gasteiger partial charge in [-0.05, 0) is 54.0 Å². The van der Waals surface area contributed by atoms with Gasteiger partial charge in [-0.15, -0.1) is 0 Å². The van der Waals surface area contributed by atoms with Gasteiger partial charge in [0.2, 0.25) is 0 Å². The molecule has 0 radical (unpaired) electrons. The molecule has 1 amide bonds. The van der Waals surface area contributed by atoms with E-state index in [4.69, 9.17) is 24.5 Å². The minimum absolute atomic E-state index is 0.181. The molecule has 11 nitrogen and oxygen atoms in total. The first-order chi connectivity index (χ1) is 22.0. The number of hydrogen-bond acceptors (Lipinski definition) is 8. The number of carbonyl (C=O) groups is 2. The van der Waals surface area contributed by atoms with Crippen molar-refractivity contribution in [3.05, 3.63) is 118 Å². The number of amides is 1. The van der Waals surface area contributed by atoms with Gasteiger partial charge in [0.25, 0.3) is 0 Å².